The largest absolute Gasteiger partial charge is 0.465 e. The van der Waals surface area contributed by atoms with E-state index in [-0.39, 0.29) is 12.1 Å². The first kappa shape index (κ1) is 20.6. The zero-order valence-corrected chi connectivity index (χ0v) is 16.4. The SMILES string of the molecule is C=C1CC(/C=C/C=C/C=C/C=C/Oc2ccc(-c3ccc(C#N)cc3)cc2)OC1=O. The quantitative estimate of drug-likeness (QED) is 0.263. The molecule has 0 bridgehead atoms. The lowest BCUT2D eigenvalue weighted by Crippen LogP contribution is -2.01. The van der Waals surface area contributed by atoms with Crippen LogP contribution in [0.15, 0.2) is 109 Å². The van der Waals surface area contributed by atoms with E-state index in [2.05, 4.69) is 12.6 Å². The fourth-order valence-corrected chi connectivity index (χ4v) is 2.77. The van der Waals surface area contributed by atoms with Gasteiger partial charge in [0, 0.05) is 12.0 Å². The van der Waals surface area contributed by atoms with Gasteiger partial charge >= 0.3 is 5.97 Å². The van der Waals surface area contributed by atoms with E-state index in [1.807, 2.05) is 72.9 Å². The van der Waals surface area contributed by atoms with Crippen LogP contribution < -0.4 is 4.74 Å². The number of nitrogens with zero attached hydrogens (tertiary/aromatic N) is 1. The van der Waals surface area contributed by atoms with Crippen molar-refractivity contribution < 1.29 is 14.3 Å². The average Bonchev–Trinajstić information content (AvgIpc) is 3.10. The van der Waals surface area contributed by atoms with E-state index in [4.69, 9.17) is 14.7 Å². The number of carbonyl (C=O) groups excluding carboxylic acids is 1. The molecule has 0 radical (unpaired) electrons. The van der Waals surface area contributed by atoms with Gasteiger partial charge in [0.05, 0.1) is 17.9 Å². The zero-order valence-electron chi connectivity index (χ0n) is 16.4. The van der Waals surface area contributed by atoms with Crippen LogP contribution in [0.25, 0.3) is 11.1 Å². The molecule has 0 N–H and O–H groups in total. The molecule has 0 aliphatic carbocycles. The molecule has 0 spiro atoms. The monoisotopic (exact) mass is 395 g/mol. The fraction of sp³-hybridized carbons (Fsp3) is 0.0769. The summed E-state index contributed by atoms with van der Waals surface area (Å²) in [6, 6.07) is 17.3. The van der Waals surface area contributed by atoms with E-state index in [0.717, 1.165) is 16.9 Å². The van der Waals surface area contributed by atoms with Crippen molar-refractivity contribution in [2.75, 3.05) is 0 Å². The molecule has 30 heavy (non-hydrogen) atoms. The molecule has 1 fully saturated rings. The van der Waals surface area contributed by atoms with Crippen LogP contribution in [-0.2, 0) is 9.53 Å². The maximum atomic E-state index is 11.2. The van der Waals surface area contributed by atoms with Crippen molar-refractivity contribution in [3.8, 4) is 22.9 Å². The summed E-state index contributed by atoms with van der Waals surface area (Å²) in [5.41, 5.74) is 3.28. The molecule has 1 unspecified atom stereocenters. The van der Waals surface area contributed by atoms with Gasteiger partial charge in [0.15, 0.2) is 0 Å². The van der Waals surface area contributed by atoms with Crippen molar-refractivity contribution in [2.45, 2.75) is 12.5 Å². The van der Waals surface area contributed by atoms with Gasteiger partial charge in [-0.2, -0.15) is 5.26 Å². The first-order chi connectivity index (χ1) is 14.7. The molecule has 3 rings (SSSR count). The van der Waals surface area contributed by atoms with Crippen LogP contribution in [0.5, 0.6) is 5.75 Å². The number of nitriles is 1. The van der Waals surface area contributed by atoms with Crippen LogP contribution >= 0.6 is 0 Å². The number of benzene rings is 2. The van der Waals surface area contributed by atoms with E-state index in [0.29, 0.717) is 17.6 Å². The Balaban J connectivity index is 1.42. The summed E-state index contributed by atoms with van der Waals surface area (Å²) in [5.74, 6) is 0.422. The molecule has 0 amide bonds. The Bertz CT molecular complexity index is 1030. The van der Waals surface area contributed by atoms with Gasteiger partial charge in [-0.25, -0.2) is 4.79 Å². The lowest BCUT2D eigenvalue weighted by atomic mass is 10.0. The van der Waals surface area contributed by atoms with Crippen molar-refractivity contribution in [1.82, 2.24) is 0 Å². The Morgan fingerprint density at radius 2 is 1.53 bits per heavy atom. The average molecular weight is 395 g/mol. The molecule has 1 aliphatic heterocycles. The summed E-state index contributed by atoms with van der Waals surface area (Å²) in [7, 11) is 0. The topological polar surface area (TPSA) is 59.3 Å². The Morgan fingerprint density at radius 1 is 0.933 bits per heavy atom. The molecule has 1 heterocycles. The molecule has 0 saturated carbocycles. The third kappa shape index (κ3) is 5.95. The van der Waals surface area contributed by atoms with Gasteiger partial charge in [-0.1, -0.05) is 61.2 Å². The van der Waals surface area contributed by atoms with Gasteiger partial charge < -0.3 is 9.47 Å². The van der Waals surface area contributed by atoms with Gasteiger partial charge in [-0.05, 0) is 47.5 Å². The summed E-state index contributed by atoms with van der Waals surface area (Å²) in [5, 5.41) is 8.86. The van der Waals surface area contributed by atoms with E-state index in [1.54, 1.807) is 24.5 Å². The third-order valence-corrected chi connectivity index (χ3v) is 4.36. The highest BCUT2D eigenvalue weighted by Crippen LogP contribution is 2.23. The van der Waals surface area contributed by atoms with Crippen molar-refractivity contribution in [1.29, 1.82) is 5.26 Å². The lowest BCUT2D eigenvalue weighted by Gasteiger charge is -2.04. The maximum absolute atomic E-state index is 11.2. The zero-order chi connectivity index (χ0) is 21.2. The van der Waals surface area contributed by atoms with Gasteiger partial charge in [-0.15, -0.1) is 0 Å². The number of carbonyl (C=O) groups is 1. The Labute approximate surface area is 176 Å². The maximum Gasteiger partial charge on any atom is 0.334 e. The molecule has 1 saturated heterocycles. The summed E-state index contributed by atoms with van der Waals surface area (Å²) in [6.07, 6.45) is 14.9. The van der Waals surface area contributed by atoms with Gasteiger partial charge in [0.1, 0.15) is 11.9 Å². The van der Waals surface area contributed by atoms with E-state index >= 15 is 0 Å². The van der Waals surface area contributed by atoms with E-state index in [9.17, 15) is 4.79 Å². The first-order valence-corrected chi connectivity index (χ1v) is 9.48. The smallest absolute Gasteiger partial charge is 0.334 e. The van der Waals surface area contributed by atoms with Crippen LogP contribution in [0.1, 0.15) is 12.0 Å². The molecule has 148 valence electrons. The molecule has 1 atom stereocenters. The highest BCUT2D eigenvalue weighted by molar-refractivity contribution is 5.90. The highest BCUT2D eigenvalue weighted by atomic mass is 16.5. The second-order valence-electron chi connectivity index (χ2n) is 6.57. The predicted octanol–water partition coefficient (Wildman–Crippen LogP) is 5.66. The number of allylic oxidation sites excluding steroid dienone is 6. The number of rotatable bonds is 7. The number of cyclic esters (lactones) is 1. The standard InChI is InChI=1S/C26H21NO3/c1-20-18-25(30-26(20)28)8-6-4-2-3-5-7-17-29-24-15-13-23(14-16-24)22-11-9-21(19-27)10-12-22/h2-17,25H,1,18H2/b4-2+,5-3+,8-6+,17-7+. The molecule has 4 nitrogen and oxygen atoms in total. The van der Waals surface area contributed by atoms with Crippen LogP contribution in [0, 0.1) is 11.3 Å². The fourth-order valence-electron chi connectivity index (χ4n) is 2.77. The molecular formula is C26H21NO3. The van der Waals surface area contributed by atoms with Gasteiger partial charge in [-0.3, -0.25) is 0 Å². The van der Waals surface area contributed by atoms with E-state index in [1.165, 1.54) is 0 Å². The second kappa shape index (κ2) is 10.4. The van der Waals surface area contributed by atoms with Crippen LogP contribution in [0.3, 0.4) is 0 Å². The van der Waals surface area contributed by atoms with Crippen LogP contribution in [0.4, 0.5) is 0 Å². The third-order valence-electron chi connectivity index (χ3n) is 4.36. The van der Waals surface area contributed by atoms with Crippen molar-refractivity contribution >= 4 is 5.97 Å². The molecule has 2 aromatic carbocycles. The van der Waals surface area contributed by atoms with Gasteiger partial charge in [0.2, 0.25) is 0 Å². The Hall–Kier alpha value is -4.10. The molecule has 4 heteroatoms. The van der Waals surface area contributed by atoms with Gasteiger partial charge in [0.25, 0.3) is 0 Å². The first-order valence-electron chi connectivity index (χ1n) is 9.48. The van der Waals surface area contributed by atoms with E-state index < -0.39 is 0 Å². The Morgan fingerprint density at radius 3 is 2.13 bits per heavy atom. The number of hydrogen-bond acceptors (Lipinski definition) is 4. The Kier molecular flexibility index (Phi) is 7.18. The summed E-state index contributed by atoms with van der Waals surface area (Å²) in [6.45, 7) is 3.65. The van der Waals surface area contributed by atoms with Crippen LogP contribution in [-0.4, -0.2) is 12.1 Å². The number of esters is 1. The molecular weight excluding hydrogens is 374 g/mol. The minimum absolute atomic E-state index is 0.213. The summed E-state index contributed by atoms with van der Waals surface area (Å²) < 4.78 is 10.7. The number of hydrogen-bond donors (Lipinski definition) is 0. The second-order valence-corrected chi connectivity index (χ2v) is 6.57. The molecule has 1 aliphatic rings. The predicted molar refractivity (Wildman–Crippen MR) is 117 cm³/mol. The highest BCUT2D eigenvalue weighted by Gasteiger charge is 2.24. The molecule has 0 aromatic heterocycles. The number of ether oxygens (including phenoxy) is 2. The minimum Gasteiger partial charge on any atom is -0.465 e. The minimum atomic E-state index is -0.317. The lowest BCUT2D eigenvalue weighted by molar-refractivity contribution is -0.137. The van der Waals surface area contributed by atoms with Crippen molar-refractivity contribution in [3.63, 3.8) is 0 Å². The summed E-state index contributed by atoms with van der Waals surface area (Å²) >= 11 is 0. The molecule has 2 aromatic rings. The van der Waals surface area contributed by atoms with Crippen molar-refractivity contribution in [2.24, 2.45) is 0 Å². The van der Waals surface area contributed by atoms with Crippen LogP contribution in [0.2, 0.25) is 0 Å². The normalized spacial score (nSPS) is 16.7. The van der Waals surface area contributed by atoms with Crippen molar-refractivity contribution in [3.05, 3.63) is 115 Å². The summed E-state index contributed by atoms with van der Waals surface area (Å²) in [4.78, 5) is 11.2.